The maximum absolute atomic E-state index is 7.22. The smallest absolute Gasteiger partial charge is 0.453 e. The van der Waals surface area contributed by atoms with Crippen LogP contribution in [0.2, 0.25) is 0 Å². The van der Waals surface area contributed by atoms with Crippen molar-refractivity contribution in [2.75, 3.05) is 28.4 Å². The van der Waals surface area contributed by atoms with Crippen molar-refractivity contribution in [2.45, 2.75) is 138 Å². The van der Waals surface area contributed by atoms with Gasteiger partial charge in [0.1, 0.15) is 45.3 Å². The zero-order valence-electron chi connectivity index (χ0n) is 46.8. The second-order valence-electron chi connectivity index (χ2n) is 24.2. The Kier molecular flexibility index (Phi) is 13.2. The van der Waals surface area contributed by atoms with E-state index in [9.17, 15) is 0 Å². The third kappa shape index (κ3) is 9.56. The van der Waals surface area contributed by atoms with Crippen LogP contribution in [-0.4, -0.2) is 28.4 Å². The molecule has 0 radical (unpaired) electrons. The lowest BCUT2D eigenvalue weighted by molar-refractivity contribution is 0.376. The lowest BCUT2D eigenvalue weighted by atomic mass is 9.74. The van der Waals surface area contributed by atoms with Crippen molar-refractivity contribution >= 4 is 60.4 Å². The normalized spacial score (nSPS) is 13.6. The summed E-state index contributed by atoms with van der Waals surface area (Å²) in [5, 5.41) is 3.26. The Morgan fingerprint density at radius 2 is 0.635 bits per heavy atom. The van der Waals surface area contributed by atoms with Gasteiger partial charge in [-0.25, -0.2) is 0 Å². The lowest BCUT2D eigenvalue weighted by Gasteiger charge is -2.36. The first kappa shape index (κ1) is 52.6. The number of hydrogen-bond donors (Lipinski definition) is 0. The van der Waals surface area contributed by atoms with Crippen molar-refractivity contribution in [1.29, 1.82) is 0 Å². The number of fused-ring (bicyclic) bond motifs is 8. The lowest BCUT2D eigenvalue weighted by Crippen LogP contribution is -2.25. The fourth-order valence-corrected chi connectivity index (χ4v) is 12.1. The van der Waals surface area contributed by atoms with Gasteiger partial charge in [0.15, 0.2) is 23.0 Å². The number of hydrogen-bond acceptors (Lipinski definition) is 11. The predicted octanol–water partition coefficient (Wildman–Crippen LogP) is 18.9. The van der Waals surface area contributed by atoms with Gasteiger partial charge >= 0.3 is 16.5 Å². The number of rotatable bonds is 8. The Morgan fingerprint density at radius 3 is 0.865 bits per heavy atom. The summed E-state index contributed by atoms with van der Waals surface area (Å²) in [5.74, 6) is 4.76. The fraction of sp³-hybridized carbons (Fsp3) is 0.410. The van der Waals surface area contributed by atoms with Crippen molar-refractivity contribution in [3.05, 3.63) is 117 Å². The van der Waals surface area contributed by atoms with E-state index in [0.29, 0.717) is 68.3 Å². The van der Waals surface area contributed by atoms with Crippen molar-refractivity contribution in [3.63, 3.8) is 0 Å². The van der Waals surface area contributed by atoms with Crippen molar-refractivity contribution in [2.24, 2.45) is 0 Å². The summed E-state index contributed by atoms with van der Waals surface area (Å²) >= 11 is 0. The van der Waals surface area contributed by atoms with Gasteiger partial charge in [0.25, 0.3) is 0 Å². The van der Waals surface area contributed by atoms with Crippen LogP contribution in [0.25, 0.3) is 43.9 Å². The molecule has 1 aliphatic heterocycles. The summed E-state index contributed by atoms with van der Waals surface area (Å²) in [5.41, 5.74) is 8.11. The van der Waals surface area contributed by atoms with Gasteiger partial charge in [-0.3, -0.25) is 0 Å². The van der Waals surface area contributed by atoms with Gasteiger partial charge in [-0.15, -0.1) is 0 Å². The van der Waals surface area contributed by atoms with Crippen LogP contribution in [0, 0.1) is 13.8 Å². The Morgan fingerprint density at radius 1 is 0.378 bits per heavy atom. The molecule has 8 aromatic rings. The SMILES string of the molecule is COc1cc(C(C)(C)C)c2op(Oc3cc(C)cc4c3Oc3c(Op5oc6c(C(C)(C)C)cc(OC)cc6c6cc(OC)cc(C(C)(C)C)c6o5)cc(C)cc3C4(C)C)oc3c(C(C)(C)C)cc(OC)cc3c2c1. The van der Waals surface area contributed by atoms with Crippen LogP contribution in [0.3, 0.4) is 0 Å². The topological polar surface area (TPSA) is 117 Å². The molecule has 0 bridgehead atoms. The largest absolute Gasteiger partial charge is 0.497 e. The van der Waals surface area contributed by atoms with Crippen LogP contribution in [0.4, 0.5) is 0 Å². The highest BCUT2D eigenvalue weighted by atomic mass is 31.1. The molecule has 392 valence electrons. The average molecular weight is 1040 g/mol. The molecule has 0 saturated heterocycles. The molecule has 0 aliphatic carbocycles. The Balaban J connectivity index is 1.29. The fourth-order valence-electron chi connectivity index (χ4n) is 9.88. The molecule has 0 N–H and O–H groups in total. The van der Waals surface area contributed by atoms with E-state index in [1.807, 2.05) is 60.7 Å². The molecule has 0 atom stereocenters. The highest BCUT2D eigenvalue weighted by Crippen LogP contribution is 2.58. The zero-order valence-corrected chi connectivity index (χ0v) is 48.6. The van der Waals surface area contributed by atoms with E-state index in [0.717, 1.165) is 66.1 Å². The van der Waals surface area contributed by atoms with E-state index in [1.165, 1.54) is 0 Å². The van der Waals surface area contributed by atoms with Gasteiger partial charge in [0.05, 0.1) is 28.4 Å². The second-order valence-corrected chi connectivity index (χ2v) is 26.2. The predicted molar refractivity (Wildman–Crippen MR) is 300 cm³/mol. The first-order valence-electron chi connectivity index (χ1n) is 25.1. The molecule has 0 fully saturated rings. The molecule has 74 heavy (non-hydrogen) atoms. The molecule has 2 aromatic heterocycles. The van der Waals surface area contributed by atoms with E-state index in [2.05, 4.69) is 123 Å². The van der Waals surface area contributed by atoms with Gasteiger partial charge in [0, 0.05) is 60.3 Å². The Bertz CT molecular complexity index is 3220. The zero-order chi connectivity index (χ0) is 53.8. The van der Waals surface area contributed by atoms with Gasteiger partial charge in [-0.1, -0.05) is 109 Å². The van der Waals surface area contributed by atoms with Crippen molar-refractivity contribution in [1.82, 2.24) is 0 Å². The second kappa shape index (κ2) is 18.5. The molecule has 0 amide bonds. The number of aryl methyl sites for hydroxylation is 2. The van der Waals surface area contributed by atoms with Gasteiger partial charge in [-0.05, 0) is 107 Å². The molecule has 9 rings (SSSR count). The highest BCUT2D eigenvalue weighted by molar-refractivity contribution is 7.32. The molecule has 11 nitrogen and oxygen atoms in total. The number of benzene rings is 6. The summed E-state index contributed by atoms with van der Waals surface area (Å²) < 4.78 is 73.6. The van der Waals surface area contributed by atoms with Crippen LogP contribution in [0.15, 0.2) is 89.6 Å². The monoisotopic (exact) mass is 1040 g/mol. The quantitative estimate of drug-likeness (QED) is 0.145. The molecule has 0 unspecified atom stereocenters. The Labute approximate surface area is 437 Å². The van der Waals surface area contributed by atoms with Crippen LogP contribution in [-0.2, 0) is 27.1 Å². The van der Waals surface area contributed by atoms with Crippen LogP contribution < -0.4 is 32.7 Å². The minimum absolute atomic E-state index is 0.359. The molecular weight excluding hydrogens is 971 g/mol. The highest BCUT2D eigenvalue weighted by Gasteiger charge is 2.40. The minimum atomic E-state index is -2.19. The van der Waals surface area contributed by atoms with E-state index in [4.69, 9.17) is 49.5 Å². The molecule has 0 spiro atoms. The third-order valence-electron chi connectivity index (χ3n) is 14.0. The summed E-state index contributed by atoms with van der Waals surface area (Å²) in [6.45, 7) is 34.4. The van der Waals surface area contributed by atoms with Crippen molar-refractivity contribution < 1.29 is 49.5 Å². The first-order chi connectivity index (χ1) is 34.5. The van der Waals surface area contributed by atoms with Gasteiger partial charge < -0.3 is 49.5 Å². The summed E-state index contributed by atoms with van der Waals surface area (Å²) in [6.07, 6.45) is 0. The van der Waals surface area contributed by atoms with E-state index in [-0.39, 0.29) is 21.7 Å². The van der Waals surface area contributed by atoms with Crippen LogP contribution >= 0.6 is 16.5 Å². The Hall–Kier alpha value is -6.28. The first-order valence-corrected chi connectivity index (χ1v) is 27.3. The van der Waals surface area contributed by atoms with Gasteiger partial charge in [0.2, 0.25) is 0 Å². The minimum Gasteiger partial charge on any atom is -0.497 e. The van der Waals surface area contributed by atoms with E-state index >= 15 is 0 Å². The van der Waals surface area contributed by atoms with E-state index in [1.54, 1.807) is 28.4 Å². The maximum Gasteiger partial charge on any atom is 0.453 e. The third-order valence-corrected chi connectivity index (χ3v) is 16.0. The van der Waals surface area contributed by atoms with Crippen LogP contribution in [0.5, 0.6) is 46.0 Å². The average Bonchev–Trinajstić information content (AvgIpc) is 3.56. The maximum atomic E-state index is 7.22. The van der Waals surface area contributed by atoms with Gasteiger partial charge in [-0.2, -0.15) is 0 Å². The summed E-state index contributed by atoms with van der Waals surface area (Å²) in [6, 6.07) is 24.4. The number of methoxy groups -OCH3 is 4. The van der Waals surface area contributed by atoms with E-state index < -0.39 is 21.9 Å². The molecule has 3 heterocycles. The van der Waals surface area contributed by atoms with Crippen molar-refractivity contribution in [3.8, 4) is 46.0 Å². The standard InChI is InChI=1S/C61H72O11P2/c1-33-21-47-55(49(23-33)67-73-69-51-39(25-35(62-17)29-43(51)57(3,4)5)40-26-36(63-18)30-44(52(40)70-73)58(6,7)8)66-56-48(61(47,15)16)22-34(2)24-50(56)68-74-71-53-41(27-37(64-19)31-45(53)59(9,10)11)42-28-38(65-20)32-46(54(42)72-74)60(12,13)14/h21-32H,1-20H3. The molecule has 13 heteroatoms. The van der Waals surface area contributed by atoms with Crippen LogP contribution in [0.1, 0.15) is 141 Å². The summed E-state index contributed by atoms with van der Waals surface area (Å²) in [4.78, 5) is 0. The molecule has 6 aromatic carbocycles. The molecule has 1 aliphatic rings. The number of ether oxygens (including phenoxy) is 5. The molecular formula is C61H72O11P2. The molecule has 0 saturated carbocycles. The summed E-state index contributed by atoms with van der Waals surface area (Å²) in [7, 11) is 2.35.